The van der Waals surface area contributed by atoms with Crippen LogP contribution in [-0.4, -0.2) is 68.3 Å². The van der Waals surface area contributed by atoms with E-state index in [-0.39, 0.29) is 13.2 Å². The first kappa shape index (κ1) is 28.0. The zero-order chi connectivity index (χ0) is 24.5. The first-order valence-corrected chi connectivity index (χ1v) is 11.8. The molecule has 1 unspecified atom stereocenters. The van der Waals surface area contributed by atoms with Gasteiger partial charge in [0.15, 0.2) is 12.1 Å². The van der Waals surface area contributed by atoms with Gasteiger partial charge in [-0.25, -0.2) is 0 Å². The van der Waals surface area contributed by atoms with E-state index in [4.69, 9.17) is 23.7 Å². The number of alkyl halides is 3. The summed E-state index contributed by atoms with van der Waals surface area (Å²) < 4.78 is 68.2. The lowest BCUT2D eigenvalue weighted by atomic mass is 9.94. The average molecular weight is 482 g/mol. The molecule has 0 aromatic heterocycles. The standard InChI is InChI=1S/C23H38F3NO6/c1-5-7-8-9-10-11-12-14-29-19-17(27-21(28)23(24,25)26)20(30-13-6-2)32-16-15-31-22(3,4)33-18(16)19/h6,16-20H,2,5,7-15H2,1,3-4H3,(H,27,28)/t16?,17-,18-,19-,20+/m1/s1. The molecule has 0 spiro atoms. The first-order valence-electron chi connectivity index (χ1n) is 11.8. The van der Waals surface area contributed by atoms with E-state index in [9.17, 15) is 18.0 Å². The van der Waals surface area contributed by atoms with E-state index in [2.05, 4.69) is 13.5 Å². The second-order valence-electron chi connectivity index (χ2n) is 8.91. The molecule has 33 heavy (non-hydrogen) atoms. The van der Waals surface area contributed by atoms with E-state index >= 15 is 0 Å². The predicted octanol–water partition coefficient (Wildman–Crippen LogP) is 4.25. The molecule has 0 saturated carbocycles. The van der Waals surface area contributed by atoms with Crippen molar-refractivity contribution in [2.45, 2.75) is 108 Å². The van der Waals surface area contributed by atoms with Crippen LogP contribution < -0.4 is 5.32 Å². The minimum atomic E-state index is -5.06. The van der Waals surface area contributed by atoms with Gasteiger partial charge in [-0.2, -0.15) is 13.2 Å². The SMILES string of the molecule is C=CCO[C@H]1OC2COC(C)(C)O[C@H]2[C@H](OCCCCCCCCC)[C@H]1NC(=O)C(F)(F)F. The summed E-state index contributed by atoms with van der Waals surface area (Å²) >= 11 is 0. The molecule has 2 aliphatic heterocycles. The van der Waals surface area contributed by atoms with Crippen LogP contribution in [0.4, 0.5) is 13.2 Å². The second kappa shape index (κ2) is 13.0. The largest absolute Gasteiger partial charge is 0.471 e. The lowest BCUT2D eigenvalue weighted by Gasteiger charge is -2.51. The van der Waals surface area contributed by atoms with Crippen LogP contribution in [0.15, 0.2) is 12.7 Å². The number of rotatable bonds is 13. The summed E-state index contributed by atoms with van der Waals surface area (Å²) in [6.45, 7) is 9.64. The van der Waals surface area contributed by atoms with Crippen LogP contribution in [-0.2, 0) is 28.5 Å². The molecule has 0 aliphatic carbocycles. The Bertz CT molecular complexity index is 615. The average Bonchev–Trinajstić information content (AvgIpc) is 2.74. The number of carbonyl (C=O) groups excluding carboxylic acids is 1. The third kappa shape index (κ3) is 8.83. The van der Waals surface area contributed by atoms with E-state index in [0.717, 1.165) is 25.7 Å². The Morgan fingerprint density at radius 1 is 1.15 bits per heavy atom. The van der Waals surface area contributed by atoms with E-state index < -0.39 is 48.5 Å². The molecule has 2 heterocycles. The van der Waals surface area contributed by atoms with E-state index in [1.54, 1.807) is 13.8 Å². The lowest BCUT2D eigenvalue weighted by molar-refractivity contribution is -0.371. The molecule has 10 heteroatoms. The van der Waals surface area contributed by atoms with Gasteiger partial charge < -0.3 is 29.0 Å². The van der Waals surface area contributed by atoms with Crippen molar-refractivity contribution < 1.29 is 41.7 Å². The van der Waals surface area contributed by atoms with Crippen LogP contribution in [0.3, 0.4) is 0 Å². The number of ether oxygens (including phenoxy) is 5. The summed E-state index contributed by atoms with van der Waals surface area (Å²) in [6.07, 6.45) is 0.443. The number of amides is 1. The summed E-state index contributed by atoms with van der Waals surface area (Å²) in [4.78, 5) is 11.8. The van der Waals surface area contributed by atoms with Gasteiger partial charge in [0, 0.05) is 6.61 Å². The van der Waals surface area contributed by atoms with Crippen LogP contribution in [0.2, 0.25) is 0 Å². The third-order valence-corrected chi connectivity index (χ3v) is 5.65. The maximum absolute atomic E-state index is 13.0. The predicted molar refractivity (Wildman–Crippen MR) is 115 cm³/mol. The summed E-state index contributed by atoms with van der Waals surface area (Å²) in [7, 11) is 0. The van der Waals surface area contributed by atoms with Crippen LogP contribution in [0.25, 0.3) is 0 Å². The highest BCUT2D eigenvalue weighted by atomic mass is 19.4. The zero-order valence-corrected chi connectivity index (χ0v) is 19.8. The Balaban J connectivity index is 2.11. The molecule has 192 valence electrons. The quantitative estimate of drug-likeness (QED) is 0.313. The molecule has 0 bridgehead atoms. The molecule has 2 fully saturated rings. The van der Waals surface area contributed by atoms with Gasteiger partial charge in [0.05, 0.1) is 13.2 Å². The third-order valence-electron chi connectivity index (χ3n) is 5.65. The smallest absolute Gasteiger partial charge is 0.373 e. The van der Waals surface area contributed by atoms with Crippen molar-refractivity contribution in [3.8, 4) is 0 Å². The molecular formula is C23H38F3NO6. The van der Waals surface area contributed by atoms with Gasteiger partial charge in [-0.05, 0) is 20.3 Å². The number of hydrogen-bond acceptors (Lipinski definition) is 6. The molecule has 5 atom stereocenters. The van der Waals surface area contributed by atoms with Gasteiger partial charge >= 0.3 is 12.1 Å². The number of hydrogen-bond donors (Lipinski definition) is 1. The minimum absolute atomic E-state index is 0.0259. The highest BCUT2D eigenvalue weighted by Crippen LogP contribution is 2.35. The molecule has 1 N–H and O–H groups in total. The van der Waals surface area contributed by atoms with E-state index in [0.29, 0.717) is 6.61 Å². The number of unbranched alkanes of at least 4 members (excludes halogenated alkanes) is 6. The Morgan fingerprint density at radius 2 is 1.82 bits per heavy atom. The van der Waals surface area contributed by atoms with Crippen molar-refractivity contribution in [1.29, 1.82) is 0 Å². The van der Waals surface area contributed by atoms with Crippen LogP contribution in [0.5, 0.6) is 0 Å². The van der Waals surface area contributed by atoms with E-state index in [1.165, 1.54) is 25.3 Å². The number of nitrogens with one attached hydrogen (secondary N) is 1. The lowest BCUT2D eigenvalue weighted by Crippen LogP contribution is -2.69. The van der Waals surface area contributed by atoms with E-state index in [1.807, 2.05) is 5.32 Å². The van der Waals surface area contributed by atoms with Gasteiger partial charge in [0.25, 0.3) is 0 Å². The highest BCUT2D eigenvalue weighted by Gasteiger charge is 2.54. The normalized spacial score (nSPS) is 29.3. The van der Waals surface area contributed by atoms with Crippen LogP contribution in [0, 0.1) is 0 Å². The van der Waals surface area contributed by atoms with Gasteiger partial charge in [-0.15, -0.1) is 6.58 Å². The van der Waals surface area contributed by atoms with Gasteiger partial charge in [0.2, 0.25) is 0 Å². The van der Waals surface area contributed by atoms with Crippen molar-refractivity contribution in [1.82, 2.24) is 5.32 Å². The van der Waals surface area contributed by atoms with Gasteiger partial charge in [-0.1, -0.05) is 51.5 Å². The fourth-order valence-electron chi connectivity index (χ4n) is 3.99. The molecule has 7 nitrogen and oxygen atoms in total. The molecular weight excluding hydrogens is 443 g/mol. The Kier molecular flexibility index (Phi) is 11.1. The highest BCUT2D eigenvalue weighted by molar-refractivity contribution is 5.82. The van der Waals surface area contributed by atoms with Crippen LogP contribution in [0.1, 0.15) is 65.7 Å². The van der Waals surface area contributed by atoms with Gasteiger partial charge in [0.1, 0.15) is 24.4 Å². The summed E-state index contributed by atoms with van der Waals surface area (Å²) in [6, 6.07) is -1.22. The molecule has 0 aromatic carbocycles. The summed E-state index contributed by atoms with van der Waals surface area (Å²) in [5.74, 6) is -3.06. The minimum Gasteiger partial charge on any atom is -0.373 e. The first-order chi connectivity index (χ1) is 15.6. The molecule has 0 aromatic rings. The van der Waals surface area contributed by atoms with Crippen molar-refractivity contribution in [2.75, 3.05) is 19.8 Å². The molecule has 2 aliphatic rings. The fourth-order valence-corrected chi connectivity index (χ4v) is 3.99. The summed E-state index contributed by atoms with van der Waals surface area (Å²) in [5.41, 5.74) is 0. The van der Waals surface area contributed by atoms with Crippen molar-refractivity contribution >= 4 is 5.91 Å². The maximum atomic E-state index is 13.0. The molecule has 2 rings (SSSR count). The fraction of sp³-hybridized carbons (Fsp3) is 0.870. The van der Waals surface area contributed by atoms with Crippen molar-refractivity contribution in [3.63, 3.8) is 0 Å². The summed E-state index contributed by atoms with van der Waals surface area (Å²) in [5, 5.41) is 2.01. The zero-order valence-electron chi connectivity index (χ0n) is 19.8. The number of halogens is 3. The van der Waals surface area contributed by atoms with Crippen molar-refractivity contribution in [3.05, 3.63) is 12.7 Å². The molecule has 1 amide bonds. The molecule has 2 saturated heterocycles. The van der Waals surface area contributed by atoms with Crippen LogP contribution >= 0.6 is 0 Å². The Labute approximate surface area is 194 Å². The number of carbonyl (C=O) groups is 1. The Hall–Kier alpha value is -1.20. The molecule has 0 radical (unpaired) electrons. The second-order valence-corrected chi connectivity index (χ2v) is 8.91. The monoisotopic (exact) mass is 481 g/mol. The van der Waals surface area contributed by atoms with Gasteiger partial charge in [-0.3, -0.25) is 4.79 Å². The topological polar surface area (TPSA) is 75.2 Å². The Morgan fingerprint density at radius 3 is 2.45 bits per heavy atom. The van der Waals surface area contributed by atoms with Crippen molar-refractivity contribution in [2.24, 2.45) is 0 Å². The number of fused-ring (bicyclic) bond motifs is 1. The maximum Gasteiger partial charge on any atom is 0.471 e.